The minimum absolute atomic E-state index is 0.0316. The molecule has 1 fully saturated rings. The fourth-order valence-corrected chi connectivity index (χ4v) is 3.09. The maximum absolute atomic E-state index is 13.1. The van der Waals surface area contributed by atoms with Gasteiger partial charge in [-0.3, -0.25) is 0 Å². The molecule has 1 aromatic rings. The summed E-state index contributed by atoms with van der Waals surface area (Å²) in [5, 5.41) is 10.6. The quantitative estimate of drug-likeness (QED) is 0.835. The molecule has 112 valence electrons. The van der Waals surface area contributed by atoms with Crippen LogP contribution < -0.4 is 10.6 Å². The number of alkyl halides is 3. The fraction of sp³-hybridized carbons (Fsp3) is 0.769. The monoisotopic (exact) mass is 288 g/mol. The summed E-state index contributed by atoms with van der Waals surface area (Å²) in [4.78, 5) is 0. The molecular formula is C13H19F3N4. The van der Waals surface area contributed by atoms with Gasteiger partial charge in [-0.2, -0.15) is 18.3 Å². The van der Waals surface area contributed by atoms with E-state index in [4.69, 9.17) is 0 Å². The largest absolute Gasteiger partial charge is 0.410 e. The molecule has 0 unspecified atom stereocenters. The molecule has 2 N–H and O–H groups in total. The molecule has 2 atom stereocenters. The number of hydrogen-bond acceptors (Lipinski definition) is 3. The fourth-order valence-electron chi connectivity index (χ4n) is 3.09. The molecule has 0 bridgehead atoms. The van der Waals surface area contributed by atoms with Gasteiger partial charge in [0.1, 0.15) is 5.82 Å². The Balaban J connectivity index is 1.91. The molecule has 0 saturated carbocycles. The van der Waals surface area contributed by atoms with Gasteiger partial charge in [0.25, 0.3) is 0 Å². The van der Waals surface area contributed by atoms with E-state index in [1.54, 1.807) is 13.0 Å². The zero-order valence-electron chi connectivity index (χ0n) is 11.4. The number of hydrogen-bond donors (Lipinski definition) is 2. The Morgan fingerprint density at radius 3 is 2.65 bits per heavy atom. The minimum Gasteiger partial charge on any atom is -0.368 e. The first-order valence-corrected chi connectivity index (χ1v) is 7.08. The molecule has 0 aromatic carbocycles. The molecule has 0 amide bonds. The Labute approximate surface area is 115 Å². The lowest BCUT2D eigenvalue weighted by atomic mass is 9.95. The first-order valence-electron chi connectivity index (χ1n) is 7.08. The van der Waals surface area contributed by atoms with Crippen molar-refractivity contribution in [3.63, 3.8) is 0 Å². The van der Waals surface area contributed by atoms with E-state index >= 15 is 0 Å². The second-order valence-electron chi connectivity index (χ2n) is 5.76. The molecular weight excluding hydrogens is 269 g/mol. The van der Waals surface area contributed by atoms with Crippen molar-refractivity contribution >= 4 is 5.82 Å². The molecule has 4 nitrogen and oxygen atoms in total. The summed E-state index contributed by atoms with van der Waals surface area (Å²) < 4.78 is 40.6. The molecule has 1 saturated heterocycles. The van der Waals surface area contributed by atoms with Crippen LogP contribution in [0, 0.1) is 0 Å². The van der Waals surface area contributed by atoms with Gasteiger partial charge in [0.15, 0.2) is 6.04 Å². The van der Waals surface area contributed by atoms with Crippen molar-refractivity contribution in [3.8, 4) is 0 Å². The number of halogens is 3. The van der Waals surface area contributed by atoms with Crippen molar-refractivity contribution in [1.82, 2.24) is 15.1 Å². The number of fused-ring (bicyclic) bond motifs is 1. The Morgan fingerprint density at radius 1 is 1.30 bits per heavy atom. The van der Waals surface area contributed by atoms with E-state index in [1.807, 2.05) is 0 Å². The highest BCUT2D eigenvalue weighted by Crippen LogP contribution is 2.40. The van der Waals surface area contributed by atoms with Gasteiger partial charge in [-0.15, -0.1) is 0 Å². The van der Waals surface area contributed by atoms with Gasteiger partial charge in [-0.1, -0.05) is 0 Å². The first-order chi connectivity index (χ1) is 9.45. The SMILES string of the molecule is C[C@@H]1C[C@@H](C(F)(F)F)n2nc(C3CCNCC3)cc2N1. The second kappa shape index (κ2) is 4.95. The maximum Gasteiger partial charge on any atom is 0.410 e. The summed E-state index contributed by atoms with van der Waals surface area (Å²) in [6, 6.07) is 0.0978. The molecule has 3 rings (SSSR count). The van der Waals surface area contributed by atoms with Crippen molar-refractivity contribution in [2.45, 2.75) is 50.4 Å². The van der Waals surface area contributed by atoms with Crippen LogP contribution >= 0.6 is 0 Å². The molecule has 2 aliphatic rings. The van der Waals surface area contributed by atoms with Crippen molar-refractivity contribution in [3.05, 3.63) is 11.8 Å². The third-order valence-corrected chi connectivity index (χ3v) is 4.16. The zero-order chi connectivity index (χ0) is 14.3. The average Bonchev–Trinajstić information content (AvgIpc) is 2.81. The number of aromatic nitrogens is 2. The molecule has 2 aliphatic heterocycles. The van der Waals surface area contributed by atoms with Gasteiger partial charge in [0.2, 0.25) is 0 Å². The summed E-state index contributed by atoms with van der Waals surface area (Å²) >= 11 is 0. The van der Waals surface area contributed by atoms with Crippen molar-refractivity contribution < 1.29 is 13.2 Å². The summed E-state index contributed by atoms with van der Waals surface area (Å²) in [6.45, 7) is 3.58. The molecule has 1 aromatic heterocycles. The lowest BCUT2D eigenvalue weighted by Crippen LogP contribution is -2.37. The third kappa shape index (κ3) is 2.51. The highest BCUT2D eigenvalue weighted by atomic mass is 19.4. The molecule has 7 heteroatoms. The number of piperidine rings is 1. The maximum atomic E-state index is 13.1. The van der Waals surface area contributed by atoms with E-state index in [9.17, 15) is 13.2 Å². The van der Waals surface area contributed by atoms with Crippen LogP contribution in [0.2, 0.25) is 0 Å². The summed E-state index contributed by atoms with van der Waals surface area (Å²) in [6.07, 6.45) is -2.35. The molecule has 0 spiro atoms. The van der Waals surface area contributed by atoms with E-state index in [1.165, 1.54) is 0 Å². The topological polar surface area (TPSA) is 41.9 Å². The number of nitrogens with zero attached hydrogens (tertiary/aromatic N) is 2. The molecule has 0 radical (unpaired) electrons. The predicted molar refractivity (Wildman–Crippen MR) is 69.9 cm³/mol. The second-order valence-corrected chi connectivity index (χ2v) is 5.76. The highest BCUT2D eigenvalue weighted by Gasteiger charge is 2.45. The zero-order valence-corrected chi connectivity index (χ0v) is 11.4. The van der Waals surface area contributed by atoms with Crippen LogP contribution in [0.5, 0.6) is 0 Å². The average molecular weight is 288 g/mol. The minimum atomic E-state index is -4.25. The Morgan fingerprint density at radius 2 is 2.00 bits per heavy atom. The van der Waals surface area contributed by atoms with Crippen LogP contribution in [0.3, 0.4) is 0 Å². The first kappa shape index (κ1) is 13.7. The summed E-state index contributed by atoms with van der Waals surface area (Å²) in [5.74, 6) is 0.764. The third-order valence-electron chi connectivity index (χ3n) is 4.16. The molecule has 0 aliphatic carbocycles. The highest BCUT2D eigenvalue weighted by molar-refractivity contribution is 5.41. The van der Waals surface area contributed by atoms with E-state index in [-0.39, 0.29) is 18.4 Å². The normalized spacial score (nSPS) is 28.0. The lowest BCUT2D eigenvalue weighted by molar-refractivity contribution is -0.173. The molecule has 3 heterocycles. The van der Waals surface area contributed by atoms with Crippen LogP contribution in [-0.2, 0) is 0 Å². The van der Waals surface area contributed by atoms with Crippen LogP contribution in [0.15, 0.2) is 6.07 Å². The standard InChI is InChI=1S/C13H19F3N4/c1-8-6-11(13(14,15)16)20-12(18-8)7-10(19-20)9-2-4-17-5-3-9/h7-9,11,17-18H,2-6H2,1H3/t8-,11+/m1/s1. The van der Waals surface area contributed by atoms with Gasteiger partial charge in [0, 0.05) is 18.0 Å². The van der Waals surface area contributed by atoms with Gasteiger partial charge < -0.3 is 10.6 Å². The van der Waals surface area contributed by atoms with E-state index in [0.717, 1.165) is 36.3 Å². The summed E-state index contributed by atoms with van der Waals surface area (Å²) in [5.41, 5.74) is 0.789. The van der Waals surface area contributed by atoms with Crippen LogP contribution in [0.25, 0.3) is 0 Å². The smallest absolute Gasteiger partial charge is 0.368 e. The van der Waals surface area contributed by atoms with Gasteiger partial charge in [-0.05, 0) is 39.3 Å². The van der Waals surface area contributed by atoms with Crippen molar-refractivity contribution in [2.24, 2.45) is 0 Å². The number of anilines is 1. The van der Waals surface area contributed by atoms with Crippen molar-refractivity contribution in [2.75, 3.05) is 18.4 Å². The Kier molecular flexibility index (Phi) is 3.40. The van der Waals surface area contributed by atoms with Crippen molar-refractivity contribution in [1.29, 1.82) is 0 Å². The lowest BCUT2D eigenvalue weighted by Gasteiger charge is -2.31. The predicted octanol–water partition coefficient (Wildman–Crippen LogP) is 2.66. The molecule has 20 heavy (non-hydrogen) atoms. The van der Waals surface area contributed by atoms with E-state index in [2.05, 4.69) is 15.7 Å². The van der Waals surface area contributed by atoms with E-state index in [0.29, 0.717) is 5.82 Å². The van der Waals surface area contributed by atoms with Crippen LogP contribution in [0.4, 0.5) is 19.0 Å². The van der Waals surface area contributed by atoms with Crippen LogP contribution in [0.1, 0.15) is 43.8 Å². The number of nitrogens with one attached hydrogen (secondary N) is 2. The Hall–Kier alpha value is -1.24. The summed E-state index contributed by atoms with van der Waals surface area (Å²) in [7, 11) is 0. The van der Waals surface area contributed by atoms with Crippen LogP contribution in [-0.4, -0.2) is 35.1 Å². The van der Waals surface area contributed by atoms with E-state index < -0.39 is 12.2 Å². The van der Waals surface area contributed by atoms with Gasteiger partial charge in [-0.25, -0.2) is 4.68 Å². The van der Waals surface area contributed by atoms with Gasteiger partial charge in [0.05, 0.1) is 5.69 Å². The number of rotatable bonds is 1. The Bertz CT molecular complexity index is 476. The van der Waals surface area contributed by atoms with Gasteiger partial charge >= 0.3 is 6.18 Å².